The van der Waals surface area contributed by atoms with Gasteiger partial charge in [0.05, 0.1) is 0 Å². The minimum atomic E-state index is 0.489. The lowest BCUT2D eigenvalue weighted by atomic mass is 9.89. The highest BCUT2D eigenvalue weighted by molar-refractivity contribution is 5.91. The van der Waals surface area contributed by atoms with Gasteiger partial charge < -0.3 is 10.3 Å². The van der Waals surface area contributed by atoms with E-state index >= 15 is 0 Å². The lowest BCUT2D eigenvalue weighted by Gasteiger charge is -2.25. The molecule has 1 atom stereocenters. The molecular formula is C15H19N3. The molecule has 0 aromatic carbocycles. The lowest BCUT2D eigenvalue weighted by molar-refractivity contribution is 0.551. The van der Waals surface area contributed by atoms with Crippen LogP contribution in [0.15, 0.2) is 30.6 Å². The average molecular weight is 241 g/mol. The van der Waals surface area contributed by atoms with Crippen LogP contribution in [0.25, 0.3) is 16.6 Å². The molecule has 0 bridgehead atoms. The van der Waals surface area contributed by atoms with E-state index in [1.165, 1.54) is 35.8 Å². The van der Waals surface area contributed by atoms with Crippen molar-refractivity contribution in [3.05, 3.63) is 36.2 Å². The third-order valence-corrected chi connectivity index (χ3v) is 3.65. The topological polar surface area (TPSA) is 40.7 Å². The fourth-order valence-electron chi connectivity index (χ4n) is 2.83. The predicted molar refractivity (Wildman–Crippen MR) is 75.4 cm³/mol. The van der Waals surface area contributed by atoms with Crippen molar-refractivity contribution in [3.63, 3.8) is 0 Å². The predicted octanol–water partition coefficient (Wildman–Crippen LogP) is 3.11. The summed E-state index contributed by atoms with van der Waals surface area (Å²) in [6.45, 7) is 3.19. The summed E-state index contributed by atoms with van der Waals surface area (Å²) in [6.07, 6.45) is 10.0. The van der Waals surface area contributed by atoms with Crippen LogP contribution in [0.4, 0.5) is 0 Å². The molecule has 3 rings (SSSR count). The van der Waals surface area contributed by atoms with Gasteiger partial charge in [-0.3, -0.25) is 0 Å². The molecule has 3 heteroatoms. The first-order valence-corrected chi connectivity index (χ1v) is 6.76. The molecule has 1 aliphatic rings. The van der Waals surface area contributed by atoms with Crippen LogP contribution in [0.3, 0.4) is 0 Å². The van der Waals surface area contributed by atoms with Gasteiger partial charge in [-0.15, -0.1) is 0 Å². The van der Waals surface area contributed by atoms with Crippen LogP contribution in [0.1, 0.15) is 31.7 Å². The number of rotatable bonds is 3. The molecule has 1 aliphatic carbocycles. The Balaban J connectivity index is 2.04. The molecule has 3 nitrogen and oxygen atoms in total. The summed E-state index contributed by atoms with van der Waals surface area (Å²) in [5.41, 5.74) is 3.72. The zero-order valence-electron chi connectivity index (χ0n) is 10.7. The summed E-state index contributed by atoms with van der Waals surface area (Å²) < 4.78 is 0. The second-order valence-electron chi connectivity index (χ2n) is 4.80. The maximum absolute atomic E-state index is 4.36. The number of nitrogens with one attached hydrogen (secondary N) is 2. The highest BCUT2D eigenvalue weighted by atomic mass is 14.9. The zero-order chi connectivity index (χ0) is 12.4. The molecule has 2 aromatic heterocycles. The van der Waals surface area contributed by atoms with Gasteiger partial charge in [0.2, 0.25) is 0 Å². The minimum absolute atomic E-state index is 0.489. The Kier molecular flexibility index (Phi) is 3.15. The molecule has 2 aromatic rings. The summed E-state index contributed by atoms with van der Waals surface area (Å²) in [5.74, 6) is 0. The minimum Gasteiger partial charge on any atom is -0.346 e. The Morgan fingerprint density at radius 1 is 1.50 bits per heavy atom. The smallest absolute Gasteiger partial charge is 0.137 e. The second-order valence-corrected chi connectivity index (χ2v) is 4.80. The van der Waals surface area contributed by atoms with E-state index in [9.17, 15) is 0 Å². The van der Waals surface area contributed by atoms with Crippen LogP contribution in [-0.4, -0.2) is 22.6 Å². The fraction of sp³-hybridized carbons (Fsp3) is 0.400. The summed E-state index contributed by atoms with van der Waals surface area (Å²) in [7, 11) is 0. The van der Waals surface area contributed by atoms with Crippen molar-refractivity contribution < 1.29 is 0 Å². The Morgan fingerprint density at radius 3 is 3.33 bits per heavy atom. The second kappa shape index (κ2) is 4.94. The van der Waals surface area contributed by atoms with Crippen LogP contribution in [0.2, 0.25) is 0 Å². The molecular weight excluding hydrogens is 222 g/mol. The molecule has 94 valence electrons. The number of nitrogens with zero attached hydrogens (tertiary/aromatic N) is 1. The molecule has 0 amide bonds. The summed E-state index contributed by atoms with van der Waals surface area (Å²) in [4.78, 5) is 7.63. The molecule has 0 fully saturated rings. The molecule has 0 saturated heterocycles. The van der Waals surface area contributed by atoms with Gasteiger partial charge in [-0.1, -0.05) is 13.0 Å². The average Bonchev–Trinajstić information content (AvgIpc) is 2.84. The van der Waals surface area contributed by atoms with Crippen molar-refractivity contribution in [1.29, 1.82) is 0 Å². The quantitative estimate of drug-likeness (QED) is 0.867. The Hall–Kier alpha value is -1.61. The molecule has 0 saturated carbocycles. The van der Waals surface area contributed by atoms with Crippen molar-refractivity contribution in [3.8, 4) is 0 Å². The van der Waals surface area contributed by atoms with Crippen molar-refractivity contribution in [1.82, 2.24) is 15.3 Å². The number of allylic oxidation sites excluding steroid dienone is 1. The van der Waals surface area contributed by atoms with Gasteiger partial charge in [0, 0.05) is 29.4 Å². The van der Waals surface area contributed by atoms with Gasteiger partial charge in [0.15, 0.2) is 0 Å². The third kappa shape index (κ3) is 1.95. The lowest BCUT2D eigenvalue weighted by Crippen LogP contribution is -2.31. The van der Waals surface area contributed by atoms with E-state index in [0.717, 1.165) is 12.2 Å². The largest absolute Gasteiger partial charge is 0.346 e. The SMILES string of the molecule is CCNC1CCCC=C1c1c[nH]c2ncccc12. The Morgan fingerprint density at radius 2 is 2.44 bits per heavy atom. The Labute approximate surface area is 107 Å². The molecule has 0 spiro atoms. The van der Waals surface area contributed by atoms with Crippen molar-refractivity contribution in [2.75, 3.05) is 6.54 Å². The van der Waals surface area contributed by atoms with Crippen LogP contribution in [-0.2, 0) is 0 Å². The molecule has 18 heavy (non-hydrogen) atoms. The standard InChI is InChI=1S/C15H19N3/c1-2-16-14-8-4-3-6-11(14)13-10-18-15-12(13)7-5-9-17-15/h5-7,9-10,14,16H,2-4,8H2,1H3,(H,17,18). The Bertz CT molecular complexity index is 568. The summed E-state index contributed by atoms with van der Waals surface area (Å²) >= 11 is 0. The van der Waals surface area contributed by atoms with Crippen LogP contribution >= 0.6 is 0 Å². The first-order chi connectivity index (χ1) is 8.90. The number of H-pyrrole nitrogens is 1. The van der Waals surface area contributed by atoms with Crippen LogP contribution in [0.5, 0.6) is 0 Å². The number of fused-ring (bicyclic) bond motifs is 1. The number of likely N-dealkylation sites (N-methyl/N-ethyl adjacent to an activating group) is 1. The molecule has 2 heterocycles. The summed E-state index contributed by atoms with van der Waals surface area (Å²) in [6, 6.07) is 4.64. The van der Waals surface area contributed by atoms with Gasteiger partial charge in [-0.25, -0.2) is 4.98 Å². The van der Waals surface area contributed by atoms with E-state index in [-0.39, 0.29) is 0 Å². The maximum atomic E-state index is 4.36. The highest BCUT2D eigenvalue weighted by Crippen LogP contribution is 2.31. The summed E-state index contributed by atoms with van der Waals surface area (Å²) in [5, 5.41) is 4.82. The van der Waals surface area contributed by atoms with Crippen molar-refractivity contribution in [2.24, 2.45) is 0 Å². The van der Waals surface area contributed by atoms with Crippen LogP contribution in [0, 0.1) is 0 Å². The van der Waals surface area contributed by atoms with Crippen molar-refractivity contribution in [2.45, 2.75) is 32.2 Å². The van der Waals surface area contributed by atoms with E-state index < -0.39 is 0 Å². The number of aromatic nitrogens is 2. The third-order valence-electron chi connectivity index (χ3n) is 3.65. The number of aromatic amines is 1. The van der Waals surface area contributed by atoms with Gasteiger partial charge >= 0.3 is 0 Å². The van der Waals surface area contributed by atoms with E-state index in [0.29, 0.717) is 6.04 Å². The molecule has 2 N–H and O–H groups in total. The van der Waals surface area contributed by atoms with Gasteiger partial charge in [0.1, 0.15) is 5.65 Å². The monoisotopic (exact) mass is 241 g/mol. The fourth-order valence-corrected chi connectivity index (χ4v) is 2.83. The molecule has 0 radical (unpaired) electrons. The molecule has 0 aliphatic heterocycles. The number of hydrogen-bond acceptors (Lipinski definition) is 2. The van der Waals surface area contributed by atoms with E-state index in [1.807, 2.05) is 12.3 Å². The van der Waals surface area contributed by atoms with Gasteiger partial charge in [-0.2, -0.15) is 0 Å². The first-order valence-electron chi connectivity index (χ1n) is 6.76. The van der Waals surface area contributed by atoms with E-state index in [1.54, 1.807) is 0 Å². The maximum Gasteiger partial charge on any atom is 0.137 e. The van der Waals surface area contributed by atoms with Gasteiger partial charge in [-0.05, 0) is 43.5 Å². The molecule has 1 unspecified atom stereocenters. The normalized spacial score (nSPS) is 20.1. The highest BCUT2D eigenvalue weighted by Gasteiger charge is 2.20. The number of pyridine rings is 1. The first kappa shape index (κ1) is 11.5. The van der Waals surface area contributed by atoms with E-state index in [2.05, 4.69) is 40.5 Å². The van der Waals surface area contributed by atoms with Crippen LogP contribution < -0.4 is 5.32 Å². The zero-order valence-corrected chi connectivity index (χ0v) is 10.7. The van der Waals surface area contributed by atoms with E-state index in [4.69, 9.17) is 0 Å². The number of hydrogen-bond donors (Lipinski definition) is 2. The van der Waals surface area contributed by atoms with Crippen molar-refractivity contribution >= 4 is 16.6 Å². The van der Waals surface area contributed by atoms with Gasteiger partial charge in [0.25, 0.3) is 0 Å².